The minimum atomic E-state index is -0.152. The Morgan fingerprint density at radius 1 is 1.03 bits per heavy atom. The molecule has 1 amide bonds. The first-order chi connectivity index (χ1) is 16.4. The number of carbonyl (C=O) groups excluding carboxylic acids is 1. The minimum absolute atomic E-state index is 0.00891. The fourth-order valence-electron chi connectivity index (χ4n) is 3.63. The van der Waals surface area contributed by atoms with Gasteiger partial charge in [0, 0.05) is 42.1 Å². The van der Waals surface area contributed by atoms with E-state index in [9.17, 15) is 4.79 Å². The molecule has 7 nitrogen and oxygen atoms in total. The van der Waals surface area contributed by atoms with Crippen LogP contribution in [-0.4, -0.2) is 25.8 Å². The maximum atomic E-state index is 12.5. The van der Waals surface area contributed by atoms with Crippen molar-refractivity contribution in [1.29, 1.82) is 0 Å². The number of aryl methyl sites for hydroxylation is 1. The quantitative estimate of drug-likeness (QED) is 0.386. The van der Waals surface area contributed by atoms with Crippen LogP contribution >= 0.6 is 0 Å². The summed E-state index contributed by atoms with van der Waals surface area (Å²) in [7, 11) is 0. The summed E-state index contributed by atoms with van der Waals surface area (Å²) in [6.07, 6.45) is 3.64. The van der Waals surface area contributed by atoms with Crippen molar-refractivity contribution in [2.45, 2.75) is 58.5 Å². The molecule has 7 heteroatoms. The molecule has 0 spiro atoms. The Morgan fingerprint density at radius 2 is 1.74 bits per heavy atom. The van der Waals surface area contributed by atoms with Gasteiger partial charge in [0.15, 0.2) is 5.82 Å². The van der Waals surface area contributed by atoms with Crippen LogP contribution in [0, 0.1) is 0 Å². The molecular weight excluding hydrogens is 426 g/mol. The van der Waals surface area contributed by atoms with Crippen LogP contribution in [0.1, 0.15) is 56.5 Å². The Labute approximate surface area is 200 Å². The maximum absolute atomic E-state index is 12.5. The molecule has 0 bridgehead atoms. The molecule has 0 aliphatic carbocycles. The van der Waals surface area contributed by atoms with Crippen molar-refractivity contribution < 1.29 is 9.32 Å². The van der Waals surface area contributed by atoms with Gasteiger partial charge in [0.2, 0.25) is 11.8 Å². The molecule has 0 radical (unpaired) electrons. The zero-order valence-corrected chi connectivity index (χ0v) is 20.0. The van der Waals surface area contributed by atoms with Gasteiger partial charge in [-0.25, -0.2) is 0 Å². The Morgan fingerprint density at radius 3 is 2.41 bits per heavy atom. The Bertz CT molecular complexity index is 1210. The number of benzene rings is 2. The number of hydrogen-bond acceptors (Lipinski definition) is 5. The van der Waals surface area contributed by atoms with Gasteiger partial charge in [0.25, 0.3) is 0 Å². The van der Waals surface area contributed by atoms with Crippen molar-refractivity contribution in [3.63, 3.8) is 0 Å². The normalized spacial score (nSPS) is 11.5. The molecule has 176 valence electrons. The van der Waals surface area contributed by atoms with E-state index in [0.717, 1.165) is 16.8 Å². The molecule has 4 rings (SSSR count). The number of nitrogens with one attached hydrogen (secondary N) is 1. The lowest BCUT2D eigenvalue weighted by Gasteiger charge is -2.10. The molecule has 4 aromatic rings. The van der Waals surface area contributed by atoms with E-state index in [0.29, 0.717) is 44.1 Å². The topological polar surface area (TPSA) is 85.8 Å². The number of amides is 1. The van der Waals surface area contributed by atoms with Crippen molar-refractivity contribution in [1.82, 2.24) is 25.2 Å². The molecular formula is C27H31N5O2. The lowest BCUT2D eigenvalue weighted by molar-refractivity contribution is -0.121. The highest BCUT2D eigenvalue weighted by atomic mass is 16.5. The average Bonchev–Trinajstić information content (AvgIpc) is 3.46. The Balaban J connectivity index is 1.36. The predicted octanol–water partition coefficient (Wildman–Crippen LogP) is 4.92. The maximum Gasteiger partial charge on any atom is 0.226 e. The van der Waals surface area contributed by atoms with Crippen LogP contribution in [0.3, 0.4) is 0 Å². The summed E-state index contributed by atoms with van der Waals surface area (Å²) in [6.45, 7) is 7.23. The second-order valence-corrected chi connectivity index (χ2v) is 9.44. The monoisotopic (exact) mass is 457 g/mol. The van der Waals surface area contributed by atoms with E-state index >= 15 is 0 Å². The highest BCUT2D eigenvalue weighted by Gasteiger charge is 2.21. The van der Waals surface area contributed by atoms with E-state index in [1.54, 1.807) is 0 Å². The molecule has 0 aliphatic rings. The van der Waals surface area contributed by atoms with E-state index in [2.05, 4.69) is 27.6 Å². The number of hydrogen-bond donors (Lipinski definition) is 1. The third-order valence-electron chi connectivity index (χ3n) is 5.48. The standard InChI is InChI=1S/C27H31N5O2/c1-27(2,3)26-29-24(34-31-26)16-10-15-23(33)28-17-22-19-32(18-20-11-6-4-7-12-20)30-25(22)21-13-8-5-9-14-21/h4-9,11-14,19H,10,15-18H2,1-3H3,(H,28,33). The van der Waals surface area contributed by atoms with Gasteiger partial charge < -0.3 is 9.84 Å². The second kappa shape index (κ2) is 10.5. The molecule has 0 saturated heterocycles. The fourth-order valence-corrected chi connectivity index (χ4v) is 3.63. The number of carbonyl (C=O) groups is 1. The van der Waals surface area contributed by atoms with Crippen LogP contribution in [0.25, 0.3) is 11.3 Å². The first-order valence-electron chi connectivity index (χ1n) is 11.6. The number of nitrogens with zero attached hydrogens (tertiary/aromatic N) is 4. The molecule has 2 heterocycles. The van der Waals surface area contributed by atoms with Gasteiger partial charge in [-0.15, -0.1) is 0 Å². The van der Waals surface area contributed by atoms with E-state index in [1.165, 1.54) is 5.56 Å². The zero-order chi connectivity index (χ0) is 24.0. The Kier molecular flexibility index (Phi) is 7.21. The summed E-state index contributed by atoms with van der Waals surface area (Å²) >= 11 is 0. The molecule has 0 unspecified atom stereocenters. The molecule has 34 heavy (non-hydrogen) atoms. The van der Waals surface area contributed by atoms with Crippen molar-refractivity contribution in [3.8, 4) is 11.3 Å². The van der Waals surface area contributed by atoms with E-state index < -0.39 is 0 Å². The van der Waals surface area contributed by atoms with Gasteiger partial charge in [-0.05, 0) is 12.0 Å². The second-order valence-electron chi connectivity index (χ2n) is 9.44. The largest absolute Gasteiger partial charge is 0.352 e. The van der Waals surface area contributed by atoms with Crippen LogP contribution < -0.4 is 5.32 Å². The van der Waals surface area contributed by atoms with E-state index in [4.69, 9.17) is 9.62 Å². The van der Waals surface area contributed by atoms with Gasteiger partial charge >= 0.3 is 0 Å². The van der Waals surface area contributed by atoms with E-state index in [1.807, 2.05) is 80.2 Å². The first kappa shape index (κ1) is 23.4. The molecule has 0 atom stereocenters. The summed E-state index contributed by atoms with van der Waals surface area (Å²) in [5.41, 5.74) is 3.93. The highest BCUT2D eigenvalue weighted by molar-refractivity contribution is 5.76. The average molecular weight is 458 g/mol. The molecule has 2 aromatic heterocycles. The fraction of sp³-hybridized carbons (Fsp3) is 0.333. The van der Waals surface area contributed by atoms with Crippen LogP contribution in [0.2, 0.25) is 0 Å². The first-order valence-corrected chi connectivity index (χ1v) is 11.6. The van der Waals surface area contributed by atoms with Crippen molar-refractivity contribution in [2.75, 3.05) is 0 Å². The zero-order valence-electron chi connectivity index (χ0n) is 20.0. The number of rotatable bonds is 9. The van der Waals surface area contributed by atoms with Gasteiger partial charge in [-0.1, -0.05) is 86.6 Å². The summed E-state index contributed by atoms with van der Waals surface area (Å²) < 4.78 is 7.25. The lowest BCUT2D eigenvalue weighted by atomic mass is 9.96. The third kappa shape index (κ3) is 6.19. The third-order valence-corrected chi connectivity index (χ3v) is 5.48. The smallest absolute Gasteiger partial charge is 0.226 e. The van der Waals surface area contributed by atoms with Crippen molar-refractivity contribution >= 4 is 5.91 Å². The Hall–Kier alpha value is -3.74. The summed E-state index contributed by atoms with van der Waals surface area (Å²) in [5, 5.41) is 11.9. The molecule has 2 aromatic carbocycles. The summed E-state index contributed by atoms with van der Waals surface area (Å²) in [4.78, 5) is 16.9. The minimum Gasteiger partial charge on any atom is -0.352 e. The molecule has 0 aliphatic heterocycles. The molecule has 0 saturated carbocycles. The van der Waals surface area contributed by atoms with Gasteiger partial charge in [0.05, 0.1) is 12.2 Å². The van der Waals surface area contributed by atoms with Gasteiger partial charge in [-0.3, -0.25) is 9.48 Å². The molecule has 1 N–H and O–H groups in total. The van der Waals surface area contributed by atoms with Gasteiger partial charge in [0.1, 0.15) is 0 Å². The van der Waals surface area contributed by atoms with Gasteiger partial charge in [-0.2, -0.15) is 10.1 Å². The van der Waals surface area contributed by atoms with Crippen LogP contribution in [0.15, 0.2) is 71.4 Å². The summed E-state index contributed by atoms with van der Waals surface area (Å²) in [5.74, 6) is 1.25. The lowest BCUT2D eigenvalue weighted by Crippen LogP contribution is -2.22. The predicted molar refractivity (Wildman–Crippen MR) is 131 cm³/mol. The molecule has 0 fully saturated rings. The van der Waals surface area contributed by atoms with E-state index in [-0.39, 0.29) is 11.3 Å². The summed E-state index contributed by atoms with van der Waals surface area (Å²) in [6, 6.07) is 20.3. The van der Waals surface area contributed by atoms with Crippen molar-refractivity contribution in [3.05, 3.63) is 89.7 Å². The van der Waals surface area contributed by atoms with Crippen LogP contribution in [0.5, 0.6) is 0 Å². The highest BCUT2D eigenvalue weighted by Crippen LogP contribution is 2.23. The number of aromatic nitrogens is 4. The van der Waals surface area contributed by atoms with Crippen LogP contribution in [0.4, 0.5) is 0 Å². The van der Waals surface area contributed by atoms with Crippen LogP contribution in [-0.2, 0) is 29.7 Å². The van der Waals surface area contributed by atoms with Crippen molar-refractivity contribution in [2.24, 2.45) is 0 Å². The SMILES string of the molecule is CC(C)(C)c1noc(CCCC(=O)NCc2cn(Cc3ccccc3)nc2-c2ccccc2)n1.